The minimum absolute atomic E-state index is 0.00274. The number of hydrogen-bond acceptors (Lipinski definition) is 1. The molecule has 1 nitrogen and oxygen atoms in total. The van der Waals surface area contributed by atoms with Crippen molar-refractivity contribution in [1.29, 1.82) is 0 Å². The Kier molecular flexibility index (Phi) is 3.81. The molecular weight excluding hydrogens is 247 g/mol. The summed E-state index contributed by atoms with van der Waals surface area (Å²) in [6.45, 7) is 3.69. The van der Waals surface area contributed by atoms with Crippen molar-refractivity contribution in [3.8, 4) is 0 Å². The maximum Gasteiger partial charge on any atom is 0.139 e. The van der Waals surface area contributed by atoms with Gasteiger partial charge in [-0.2, -0.15) is 0 Å². The Morgan fingerprint density at radius 2 is 2.07 bits per heavy atom. The molecule has 0 spiro atoms. The van der Waals surface area contributed by atoms with Gasteiger partial charge in [-0.25, -0.2) is 4.39 Å². The molecule has 0 aliphatic heterocycles. The molecular formula is C11H12BrFO. The SMILES string of the molecule is CC(C)C(=O)Cc1cc(F)cc(Br)c1. The lowest BCUT2D eigenvalue weighted by Gasteiger charge is -2.04. The molecule has 0 saturated carbocycles. The topological polar surface area (TPSA) is 17.1 Å². The van der Waals surface area contributed by atoms with E-state index in [1.165, 1.54) is 12.1 Å². The highest BCUT2D eigenvalue weighted by atomic mass is 79.9. The van der Waals surface area contributed by atoms with E-state index in [1.54, 1.807) is 6.07 Å². The van der Waals surface area contributed by atoms with Crippen molar-refractivity contribution in [2.75, 3.05) is 0 Å². The van der Waals surface area contributed by atoms with Gasteiger partial charge in [-0.05, 0) is 23.8 Å². The predicted molar refractivity (Wildman–Crippen MR) is 57.6 cm³/mol. The Morgan fingerprint density at radius 3 is 2.57 bits per heavy atom. The minimum atomic E-state index is -0.314. The summed E-state index contributed by atoms with van der Waals surface area (Å²) in [7, 11) is 0. The minimum Gasteiger partial charge on any atom is -0.299 e. The van der Waals surface area contributed by atoms with Gasteiger partial charge >= 0.3 is 0 Å². The normalized spacial score (nSPS) is 10.6. The van der Waals surface area contributed by atoms with Crippen molar-refractivity contribution in [2.24, 2.45) is 5.92 Å². The number of benzene rings is 1. The first-order valence-electron chi connectivity index (χ1n) is 4.46. The predicted octanol–water partition coefficient (Wildman–Crippen LogP) is 3.36. The molecule has 0 unspecified atom stereocenters. The number of rotatable bonds is 3. The Bertz CT molecular complexity index is 327. The van der Waals surface area contributed by atoms with Crippen LogP contribution < -0.4 is 0 Å². The van der Waals surface area contributed by atoms with E-state index in [0.29, 0.717) is 10.9 Å². The zero-order valence-corrected chi connectivity index (χ0v) is 9.77. The first kappa shape index (κ1) is 11.4. The molecule has 76 valence electrons. The molecule has 0 amide bonds. The number of Topliss-reactive ketones (excluding diaryl/α,β-unsaturated/α-hetero) is 1. The van der Waals surface area contributed by atoms with Crippen molar-refractivity contribution in [2.45, 2.75) is 20.3 Å². The Labute approximate surface area is 91.5 Å². The van der Waals surface area contributed by atoms with E-state index in [-0.39, 0.29) is 17.5 Å². The van der Waals surface area contributed by atoms with Gasteiger partial charge in [0.15, 0.2) is 0 Å². The Balaban J connectivity index is 2.82. The molecule has 0 heterocycles. The highest BCUT2D eigenvalue weighted by molar-refractivity contribution is 9.10. The molecule has 1 rings (SSSR count). The standard InChI is InChI=1S/C11H12BrFO/c1-7(2)11(14)5-8-3-9(12)6-10(13)4-8/h3-4,6-7H,5H2,1-2H3. The van der Waals surface area contributed by atoms with Crippen LogP contribution in [-0.4, -0.2) is 5.78 Å². The fourth-order valence-electron chi connectivity index (χ4n) is 1.12. The van der Waals surface area contributed by atoms with E-state index in [1.807, 2.05) is 13.8 Å². The fraction of sp³-hybridized carbons (Fsp3) is 0.364. The largest absolute Gasteiger partial charge is 0.299 e. The average molecular weight is 259 g/mol. The third-order valence-electron chi connectivity index (χ3n) is 1.94. The summed E-state index contributed by atoms with van der Waals surface area (Å²) in [5, 5.41) is 0. The zero-order chi connectivity index (χ0) is 10.7. The number of carbonyl (C=O) groups excluding carboxylic acids is 1. The molecule has 0 fully saturated rings. The van der Waals surface area contributed by atoms with E-state index in [4.69, 9.17) is 0 Å². The van der Waals surface area contributed by atoms with Gasteiger partial charge in [-0.1, -0.05) is 29.8 Å². The maximum absolute atomic E-state index is 12.9. The van der Waals surface area contributed by atoms with Crippen molar-refractivity contribution in [1.82, 2.24) is 0 Å². The molecule has 14 heavy (non-hydrogen) atoms. The number of carbonyl (C=O) groups is 1. The van der Waals surface area contributed by atoms with Gasteiger partial charge in [0, 0.05) is 16.8 Å². The quantitative estimate of drug-likeness (QED) is 0.813. The van der Waals surface area contributed by atoms with Gasteiger partial charge in [-0.3, -0.25) is 4.79 Å². The highest BCUT2D eigenvalue weighted by Gasteiger charge is 2.09. The van der Waals surface area contributed by atoms with Crippen LogP contribution in [0, 0.1) is 11.7 Å². The molecule has 1 aromatic rings. The second-order valence-corrected chi connectivity index (χ2v) is 4.49. The molecule has 0 bridgehead atoms. The van der Waals surface area contributed by atoms with Crippen LogP contribution in [0.15, 0.2) is 22.7 Å². The molecule has 0 aliphatic carbocycles. The third-order valence-corrected chi connectivity index (χ3v) is 2.40. The number of ketones is 1. The lowest BCUT2D eigenvalue weighted by molar-refractivity contribution is -0.121. The van der Waals surface area contributed by atoms with E-state index < -0.39 is 0 Å². The van der Waals surface area contributed by atoms with Crippen molar-refractivity contribution in [3.63, 3.8) is 0 Å². The summed E-state index contributed by atoms with van der Waals surface area (Å²) in [5.41, 5.74) is 0.718. The van der Waals surface area contributed by atoms with Gasteiger partial charge in [0.25, 0.3) is 0 Å². The van der Waals surface area contributed by atoms with Crippen LogP contribution in [0.2, 0.25) is 0 Å². The highest BCUT2D eigenvalue weighted by Crippen LogP contribution is 2.16. The van der Waals surface area contributed by atoms with E-state index >= 15 is 0 Å². The van der Waals surface area contributed by atoms with Gasteiger partial charge in [0.05, 0.1) is 0 Å². The van der Waals surface area contributed by atoms with Crippen LogP contribution in [0.1, 0.15) is 19.4 Å². The van der Waals surface area contributed by atoms with Gasteiger partial charge in [-0.15, -0.1) is 0 Å². The first-order chi connectivity index (χ1) is 6.49. The molecule has 0 aromatic heterocycles. The molecule has 0 saturated heterocycles. The summed E-state index contributed by atoms with van der Waals surface area (Å²) in [6, 6.07) is 4.54. The van der Waals surface area contributed by atoms with E-state index in [2.05, 4.69) is 15.9 Å². The average Bonchev–Trinajstić information content (AvgIpc) is 2.01. The molecule has 0 radical (unpaired) electrons. The van der Waals surface area contributed by atoms with Crippen molar-refractivity contribution < 1.29 is 9.18 Å². The molecule has 0 aliphatic rings. The summed E-state index contributed by atoms with van der Waals surface area (Å²) in [4.78, 5) is 11.4. The van der Waals surface area contributed by atoms with Crippen LogP contribution >= 0.6 is 15.9 Å². The molecule has 0 N–H and O–H groups in total. The summed E-state index contributed by atoms with van der Waals surface area (Å²) >= 11 is 3.19. The number of halogens is 2. The van der Waals surface area contributed by atoms with Crippen LogP contribution in [-0.2, 0) is 11.2 Å². The van der Waals surface area contributed by atoms with E-state index in [0.717, 1.165) is 5.56 Å². The fourth-order valence-corrected chi connectivity index (χ4v) is 1.63. The third kappa shape index (κ3) is 3.22. The maximum atomic E-state index is 12.9. The monoisotopic (exact) mass is 258 g/mol. The smallest absolute Gasteiger partial charge is 0.139 e. The summed E-state index contributed by atoms with van der Waals surface area (Å²) < 4.78 is 13.6. The Morgan fingerprint density at radius 1 is 1.43 bits per heavy atom. The van der Waals surface area contributed by atoms with Gasteiger partial charge in [0.1, 0.15) is 11.6 Å². The molecule has 0 atom stereocenters. The van der Waals surface area contributed by atoms with Crippen LogP contribution in [0.4, 0.5) is 4.39 Å². The van der Waals surface area contributed by atoms with E-state index in [9.17, 15) is 9.18 Å². The molecule has 1 aromatic carbocycles. The second-order valence-electron chi connectivity index (χ2n) is 3.58. The van der Waals surface area contributed by atoms with Gasteiger partial charge in [0.2, 0.25) is 0 Å². The Hall–Kier alpha value is -0.700. The van der Waals surface area contributed by atoms with Crippen molar-refractivity contribution in [3.05, 3.63) is 34.1 Å². The zero-order valence-electron chi connectivity index (χ0n) is 8.18. The van der Waals surface area contributed by atoms with Crippen LogP contribution in [0.25, 0.3) is 0 Å². The lowest BCUT2D eigenvalue weighted by atomic mass is 10.0. The van der Waals surface area contributed by atoms with Crippen molar-refractivity contribution >= 4 is 21.7 Å². The summed E-state index contributed by atoms with van der Waals surface area (Å²) in [5.74, 6) is -0.189. The van der Waals surface area contributed by atoms with Crippen LogP contribution in [0.5, 0.6) is 0 Å². The first-order valence-corrected chi connectivity index (χ1v) is 5.26. The lowest BCUT2D eigenvalue weighted by Crippen LogP contribution is -2.10. The van der Waals surface area contributed by atoms with Gasteiger partial charge < -0.3 is 0 Å². The molecule has 3 heteroatoms. The van der Waals surface area contributed by atoms with Crippen LogP contribution in [0.3, 0.4) is 0 Å². The second kappa shape index (κ2) is 4.69. The summed E-state index contributed by atoms with van der Waals surface area (Å²) in [6.07, 6.45) is 0.300. The number of hydrogen-bond donors (Lipinski definition) is 0.